The maximum atomic E-state index is 14.5. The van der Waals surface area contributed by atoms with Gasteiger partial charge in [-0.25, -0.2) is 4.39 Å². The minimum Gasteiger partial charge on any atom is -0.497 e. The SMILES string of the molecule is COc1ccc(CNC(=O)c2cccc(F)c2C(C)(C)CC(=O)C(F)(F)F)cc1. The molecule has 0 atom stereocenters. The number of benzene rings is 2. The van der Waals surface area contributed by atoms with Gasteiger partial charge in [-0.2, -0.15) is 13.2 Å². The van der Waals surface area contributed by atoms with Crippen LogP contribution in [0.1, 0.15) is 41.8 Å². The quantitative estimate of drug-likeness (QED) is 0.680. The first-order chi connectivity index (χ1) is 13.5. The molecule has 156 valence electrons. The number of amides is 1. The number of hydrogen-bond donors (Lipinski definition) is 1. The Labute approximate surface area is 165 Å². The molecule has 0 saturated carbocycles. The van der Waals surface area contributed by atoms with Crippen molar-refractivity contribution in [1.29, 1.82) is 0 Å². The van der Waals surface area contributed by atoms with Gasteiger partial charge in [0.25, 0.3) is 5.91 Å². The summed E-state index contributed by atoms with van der Waals surface area (Å²) in [4.78, 5) is 24.1. The van der Waals surface area contributed by atoms with Crippen LogP contribution in [0.25, 0.3) is 0 Å². The van der Waals surface area contributed by atoms with Gasteiger partial charge in [-0.05, 0) is 29.8 Å². The molecular formula is C21H21F4NO3. The third-order valence-corrected chi connectivity index (χ3v) is 4.47. The topological polar surface area (TPSA) is 55.4 Å². The van der Waals surface area contributed by atoms with E-state index >= 15 is 0 Å². The Balaban J connectivity index is 2.25. The van der Waals surface area contributed by atoms with Crippen molar-refractivity contribution in [1.82, 2.24) is 5.32 Å². The van der Waals surface area contributed by atoms with Crippen molar-refractivity contribution in [2.24, 2.45) is 0 Å². The third-order valence-electron chi connectivity index (χ3n) is 4.47. The monoisotopic (exact) mass is 411 g/mol. The molecule has 0 radical (unpaired) electrons. The van der Waals surface area contributed by atoms with Gasteiger partial charge < -0.3 is 10.1 Å². The fourth-order valence-electron chi connectivity index (χ4n) is 3.01. The fraction of sp³-hybridized carbons (Fsp3) is 0.333. The number of halogens is 4. The summed E-state index contributed by atoms with van der Waals surface area (Å²) < 4.78 is 57.6. The van der Waals surface area contributed by atoms with Crippen molar-refractivity contribution in [3.8, 4) is 5.75 Å². The lowest BCUT2D eigenvalue weighted by molar-refractivity contribution is -0.172. The highest BCUT2D eigenvalue weighted by atomic mass is 19.4. The zero-order valence-electron chi connectivity index (χ0n) is 16.2. The van der Waals surface area contributed by atoms with Gasteiger partial charge in [0, 0.05) is 29.5 Å². The van der Waals surface area contributed by atoms with Crippen LogP contribution in [0.4, 0.5) is 17.6 Å². The third kappa shape index (κ3) is 5.56. The van der Waals surface area contributed by atoms with E-state index in [2.05, 4.69) is 5.32 Å². The summed E-state index contributed by atoms with van der Waals surface area (Å²) in [6.07, 6.45) is -6.00. The largest absolute Gasteiger partial charge is 0.497 e. The van der Waals surface area contributed by atoms with Gasteiger partial charge >= 0.3 is 6.18 Å². The van der Waals surface area contributed by atoms with E-state index in [9.17, 15) is 27.2 Å². The van der Waals surface area contributed by atoms with Gasteiger partial charge in [-0.3, -0.25) is 9.59 Å². The van der Waals surface area contributed by atoms with Crippen molar-refractivity contribution in [2.75, 3.05) is 7.11 Å². The highest BCUT2D eigenvalue weighted by Crippen LogP contribution is 2.35. The van der Waals surface area contributed by atoms with Gasteiger partial charge in [-0.1, -0.05) is 32.0 Å². The molecule has 0 saturated heterocycles. The lowest BCUT2D eigenvalue weighted by Gasteiger charge is -2.27. The zero-order chi connectivity index (χ0) is 21.8. The molecule has 2 aromatic carbocycles. The molecule has 0 bridgehead atoms. The molecule has 2 aromatic rings. The van der Waals surface area contributed by atoms with E-state index in [1.807, 2.05) is 0 Å². The van der Waals surface area contributed by atoms with Crippen LogP contribution >= 0.6 is 0 Å². The van der Waals surface area contributed by atoms with E-state index in [4.69, 9.17) is 4.74 Å². The van der Waals surface area contributed by atoms with Crippen LogP contribution in [0.15, 0.2) is 42.5 Å². The summed E-state index contributed by atoms with van der Waals surface area (Å²) in [6, 6.07) is 10.6. The van der Waals surface area contributed by atoms with Crippen LogP contribution in [0.2, 0.25) is 0 Å². The lowest BCUT2D eigenvalue weighted by Crippen LogP contribution is -2.34. The second-order valence-electron chi connectivity index (χ2n) is 7.17. The minimum atomic E-state index is -5.03. The van der Waals surface area contributed by atoms with Gasteiger partial charge in [0.15, 0.2) is 0 Å². The number of ketones is 1. The Bertz CT molecular complexity index is 890. The molecule has 0 aliphatic carbocycles. The molecule has 0 aliphatic heterocycles. The van der Waals surface area contributed by atoms with Gasteiger partial charge in [0.1, 0.15) is 11.6 Å². The predicted molar refractivity (Wildman–Crippen MR) is 99.3 cm³/mol. The van der Waals surface area contributed by atoms with Gasteiger partial charge in [0.05, 0.1) is 7.11 Å². The molecule has 1 amide bonds. The summed E-state index contributed by atoms with van der Waals surface area (Å²) in [7, 11) is 1.52. The number of Topliss-reactive ketones (excluding diaryl/α,β-unsaturated/α-hetero) is 1. The lowest BCUT2D eigenvalue weighted by atomic mass is 9.77. The molecule has 1 N–H and O–H groups in total. The molecular weight excluding hydrogens is 390 g/mol. The molecule has 4 nitrogen and oxygen atoms in total. The molecule has 0 fully saturated rings. The number of nitrogens with one attached hydrogen (secondary N) is 1. The maximum Gasteiger partial charge on any atom is 0.450 e. The van der Waals surface area contributed by atoms with Gasteiger partial charge in [0.2, 0.25) is 5.78 Å². The van der Waals surface area contributed by atoms with E-state index in [0.29, 0.717) is 5.75 Å². The Morgan fingerprint density at radius 3 is 2.21 bits per heavy atom. The first-order valence-corrected chi connectivity index (χ1v) is 8.76. The molecule has 0 aliphatic rings. The van der Waals surface area contributed by atoms with E-state index in [1.54, 1.807) is 24.3 Å². The first-order valence-electron chi connectivity index (χ1n) is 8.76. The molecule has 0 spiro atoms. The van der Waals surface area contributed by atoms with E-state index in [-0.39, 0.29) is 17.7 Å². The van der Waals surface area contributed by atoms with Crippen LogP contribution in [0.3, 0.4) is 0 Å². The van der Waals surface area contributed by atoms with Gasteiger partial charge in [-0.15, -0.1) is 0 Å². The summed E-state index contributed by atoms with van der Waals surface area (Å²) in [5.74, 6) is -2.83. The number of hydrogen-bond acceptors (Lipinski definition) is 3. The zero-order valence-corrected chi connectivity index (χ0v) is 16.2. The fourth-order valence-corrected chi connectivity index (χ4v) is 3.01. The predicted octanol–water partition coefficient (Wildman–Crippen LogP) is 4.56. The second kappa shape index (κ2) is 8.63. The number of ether oxygens (including phenoxy) is 1. The summed E-state index contributed by atoms with van der Waals surface area (Å²) in [6.45, 7) is 2.73. The number of carbonyl (C=O) groups excluding carboxylic acids is 2. The molecule has 8 heteroatoms. The first kappa shape index (κ1) is 22.4. The molecule has 0 aromatic heterocycles. The van der Waals surface area contributed by atoms with Crippen molar-refractivity contribution < 1.29 is 31.9 Å². The van der Waals surface area contributed by atoms with Crippen molar-refractivity contribution in [3.63, 3.8) is 0 Å². The molecule has 0 unspecified atom stereocenters. The van der Waals surface area contributed by atoms with Crippen LogP contribution in [0, 0.1) is 5.82 Å². The van der Waals surface area contributed by atoms with Crippen molar-refractivity contribution in [3.05, 3.63) is 65.0 Å². The highest BCUT2D eigenvalue weighted by molar-refractivity contribution is 5.96. The Kier molecular flexibility index (Phi) is 6.66. The number of methoxy groups -OCH3 is 1. The summed E-state index contributed by atoms with van der Waals surface area (Å²) in [5, 5.41) is 2.62. The normalized spacial score (nSPS) is 11.8. The smallest absolute Gasteiger partial charge is 0.450 e. The highest BCUT2D eigenvalue weighted by Gasteiger charge is 2.43. The van der Waals surface area contributed by atoms with Crippen LogP contribution in [-0.4, -0.2) is 25.0 Å². The molecule has 0 heterocycles. The van der Waals surface area contributed by atoms with Crippen molar-refractivity contribution in [2.45, 2.75) is 38.4 Å². The Morgan fingerprint density at radius 2 is 1.66 bits per heavy atom. The van der Waals surface area contributed by atoms with Crippen LogP contribution in [-0.2, 0) is 16.8 Å². The Hall–Kier alpha value is -2.90. The van der Waals surface area contributed by atoms with E-state index in [1.165, 1.54) is 33.1 Å². The van der Waals surface area contributed by atoms with Crippen LogP contribution < -0.4 is 10.1 Å². The number of alkyl halides is 3. The minimum absolute atomic E-state index is 0.113. The number of carbonyl (C=O) groups is 2. The summed E-state index contributed by atoms with van der Waals surface area (Å²) >= 11 is 0. The Morgan fingerprint density at radius 1 is 1.03 bits per heavy atom. The second-order valence-corrected chi connectivity index (χ2v) is 7.17. The molecule has 2 rings (SSSR count). The molecule has 29 heavy (non-hydrogen) atoms. The van der Waals surface area contributed by atoms with Crippen LogP contribution in [0.5, 0.6) is 5.75 Å². The van der Waals surface area contributed by atoms with E-state index in [0.717, 1.165) is 11.6 Å². The number of rotatable bonds is 7. The standard InChI is InChI=1S/C21H21F4NO3/c1-20(2,11-17(27)21(23,24)25)18-15(5-4-6-16(18)22)19(28)26-12-13-7-9-14(29-3)10-8-13/h4-10H,11-12H2,1-3H3,(H,26,28). The average Bonchev–Trinajstić information content (AvgIpc) is 2.65. The summed E-state index contributed by atoms with van der Waals surface area (Å²) in [5.41, 5.74) is -1.13. The van der Waals surface area contributed by atoms with E-state index < -0.39 is 35.5 Å². The maximum absolute atomic E-state index is 14.5. The average molecular weight is 411 g/mol. The van der Waals surface area contributed by atoms with Crippen molar-refractivity contribution >= 4 is 11.7 Å².